The predicted molar refractivity (Wildman–Crippen MR) is 132 cm³/mol. The molecule has 2 fully saturated rings. The SMILES string of the molecule is Cc1ccc(NC(=O)Cn2cnc3nc(N4CCC[C@@H](C(=O)NC5CC5)C4)sc3c2=O)c(C)c1. The zero-order chi connectivity index (χ0) is 23.8. The van der Waals surface area contributed by atoms with Gasteiger partial charge < -0.3 is 15.5 Å². The molecule has 3 heterocycles. The van der Waals surface area contributed by atoms with Crippen molar-refractivity contribution in [3.05, 3.63) is 46.0 Å². The first kappa shape index (κ1) is 22.5. The number of benzene rings is 1. The van der Waals surface area contributed by atoms with Gasteiger partial charge in [0.1, 0.15) is 17.6 Å². The van der Waals surface area contributed by atoms with E-state index in [1.807, 2.05) is 32.0 Å². The lowest BCUT2D eigenvalue weighted by atomic mass is 9.97. The van der Waals surface area contributed by atoms with Crippen LogP contribution in [0.15, 0.2) is 29.3 Å². The van der Waals surface area contributed by atoms with Crippen molar-refractivity contribution in [3.63, 3.8) is 0 Å². The quantitative estimate of drug-likeness (QED) is 0.561. The number of carbonyl (C=O) groups is 2. The van der Waals surface area contributed by atoms with Crippen LogP contribution in [-0.2, 0) is 16.1 Å². The number of piperidine rings is 1. The molecule has 34 heavy (non-hydrogen) atoms. The molecule has 0 spiro atoms. The molecular formula is C24H28N6O3S. The molecule has 1 saturated heterocycles. The van der Waals surface area contributed by atoms with E-state index in [2.05, 4.69) is 25.5 Å². The summed E-state index contributed by atoms with van der Waals surface area (Å²) >= 11 is 1.28. The fraction of sp³-hybridized carbons (Fsp3) is 0.458. The van der Waals surface area contributed by atoms with Crippen molar-refractivity contribution in [3.8, 4) is 0 Å². The van der Waals surface area contributed by atoms with Crippen LogP contribution in [0.5, 0.6) is 0 Å². The zero-order valence-electron chi connectivity index (χ0n) is 19.3. The van der Waals surface area contributed by atoms with E-state index < -0.39 is 0 Å². The summed E-state index contributed by atoms with van der Waals surface area (Å²) in [6, 6.07) is 6.14. The van der Waals surface area contributed by atoms with Crippen LogP contribution in [0.4, 0.5) is 10.8 Å². The third kappa shape index (κ3) is 4.82. The van der Waals surface area contributed by atoms with Gasteiger partial charge in [-0.25, -0.2) is 4.98 Å². The number of rotatable bonds is 6. The van der Waals surface area contributed by atoms with Gasteiger partial charge in [-0.3, -0.25) is 19.0 Å². The number of aryl methyl sites for hydroxylation is 2. The molecule has 9 nitrogen and oxygen atoms in total. The highest BCUT2D eigenvalue weighted by Gasteiger charge is 2.31. The van der Waals surface area contributed by atoms with E-state index in [-0.39, 0.29) is 29.8 Å². The van der Waals surface area contributed by atoms with Gasteiger partial charge in [0.05, 0.1) is 5.92 Å². The van der Waals surface area contributed by atoms with Gasteiger partial charge in [0, 0.05) is 24.8 Å². The molecule has 2 N–H and O–H groups in total. The summed E-state index contributed by atoms with van der Waals surface area (Å²) in [5, 5.41) is 6.66. The van der Waals surface area contributed by atoms with Gasteiger partial charge in [-0.2, -0.15) is 4.98 Å². The lowest BCUT2D eigenvalue weighted by Gasteiger charge is -2.31. The molecule has 178 valence electrons. The molecule has 1 atom stereocenters. The smallest absolute Gasteiger partial charge is 0.273 e. The number of amides is 2. The van der Waals surface area contributed by atoms with E-state index in [4.69, 9.17) is 0 Å². The zero-order valence-corrected chi connectivity index (χ0v) is 20.2. The molecular weight excluding hydrogens is 452 g/mol. The summed E-state index contributed by atoms with van der Waals surface area (Å²) < 4.78 is 1.73. The number of hydrogen-bond acceptors (Lipinski definition) is 7. The molecule has 3 aromatic rings. The second-order valence-corrected chi connectivity index (χ2v) is 10.2. The Kier molecular flexibility index (Phi) is 6.07. The Morgan fingerprint density at radius 3 is 2.79 bits per heavy atom. The van der Waals surface area contributed by atoms with Crippen molar-refractivity contribution >= 4 is 44.3 Å². The maximum Gasteiger partial charge on any atom is 0.273 e. The van der Waals surface area contributed by atoms with Crippen LogP contribution in [0.2, 0.25) is 0 Å². The summed E-state index contributed by atoms with van der Waals surface area (Å²) in [6.45, 7) is 5.18. The van der Waals surface area contributed by atoms with Gasteiger partial charge >= 0.3 is 0 Å². The summed E-state index contributed by atoms with van der Waals surface area (Å²) in [6.07, 6.45) is 5.27. The number of fused-ring (bicyclic) bond motifs is 1. The molecule has 10 heteroatoms. The second-order valence-electron chi connectivity index (χ2n) is 9.26. The van der Waals surface area contributed by atoms with Gasteiger partial charge in [-0.05, 0) is 51.2 Å². The maximum atomic E-state index is 13.1. The molecule has 2 aliphatic rings. The number of thiazole rings is 1. The first-order valence-corrected chi connectivity index (χ1v) is 12.5. The summed E-state index contributed by atoms with van der Waals surface area (Å²) in [4.78, 5) is 49.1. The Bertz CT molecular complexity index is 1310. The predicted octanol–water partition coefficient (Wildman–Crippen LogP) is 2.60. The average molecular weight is 481 g/mol. The molecule has 1 aliphatic carbocycles. The van der Waals surface area contributed by atoms with Gasteiger partial charge in [-0.15, -0.1) is 0 Å². The largest absolute Gasteiger partial charge is 0.353 e. The van der Waals surface area contributed by atoms with Crippen LogP contribution in [0.1, 0.15) is 36.8 Å². The van der Waals surface area contributed by atoms with Crippen molar-refractivity contribution in [1.82, 2.24) is 19.9 Å². The number of nitrogens with one attached hydrogen (secondary N) is 2. The molecule has 2 aromatic heterocycles. The lowest BCUT2D eigenvalue weighted by molar-refractivity contribution is -0.125. The topological polar surface area (TPSA) is 109 Å². The number of carbonyl (C=O) groups excluding carboxylic acids is 2. The monoisotopic (exact) mass is 480 g/mol. The van der Waals surface area contributed by atoms with Crippen molar-refractivity contribution < 1.29 is 9.59 Å². The van der Waals surface area contributed by atoms with Crippen LogP contribution in [-0.4, -0.2) is 45.5 Å². The maximum absolute atomic E-state index is 13.1. The highest BCUT2D eigenvalue weighted by molar-refractivity contribution is 7.22. The minimum atomic E-state index is -0.291. The Morgan fingerprint density at radius 1 is 1.21 bits per heavy atom. The van der Waals surface area contributed by atoms with Crippen molar-refractivity contribution in [2.75, 3.05) is 23.3 Å². The molecule has 0 unspecified atom stereocenters. The van der Waals surface area contributed by atoms with Crippen LogP contribution in [0, 0.1) is 19.8 Å². The summed E-state index contributed by atoms with van der Waals surface area (Å²) in [7, 11) is 0. The molecule has 1 aromatic carbocycles. The Balaban J connectivity index is 1.30. The first-order valence-electron chi connectivity index (χ1n) is 11.7. The van der Waals surface area contributed by atoms with E-state index in [9.17, 15) is 14.4 Å². The minimum Gasteiger partial charge on any atom is -0.353 e. The Morgan fingerprint density at radius 2 is 2.03 bits per heavy atom. The Labute approximate surface area is 201 Å². The number of anilines is 2. The van der Waals surface area contributed by atoms with E-state index in [1.54, 1.807) is 0 Å². The van der Waals surface area contributed by atoms with Crippen molar-refractivity contribution in [2.45, 2.75) is 52.1 Å². The van der Waals surface area contributed by atoms with Crippen LogP contribution >= 0.6 is 11.3 Å². The number of nitrogens with zero attached hydrogens (tertiary/aromatic N) is 4. The number of aromatic nitrogens is 3. The van der Waals surface area contributed by atoms with Gasteiger partial charge in [0.2, 0.25) is 11.8 Å². The lowest BCUT2D eigenvalue weighted by Crippen LogP contribution is -2.43. The van der Waals surface area contributed by atoms with E-state index in [0.717, 1.165) is 49.0 Å². The van der Waals surface area contributed by atoms with Crippen LogP contribution in [0.3, 0.4) is 0 Å². The molecule has 1 saturated carbocycles. The van der Waals surface area contributed by atoms with Gasteiger partial charge in [0.15, 0.2) is 10.8 Å². The fourth-order valence-electron chi connectivity index (χ4n) is 4.29. The molecule has 0 bridgehead atoms. The first-order chi connectivity index (χ1) is 16.4. The van der Waals surface area contributed by atoms with E-state index in [0.29, 0.717) is 28.1 Å². The normalized spacial score (nSPS) is 18.2. The summed E-state index contributed by atoms with van der Waals surface area (Å²) in [5.41, 5.74) is 2.89. The van der Waals surface area contributed by atoms with Gasteiger partial charge in [-0.1, -0.05) is 29.0 Å². The average Bonchev–Trinajstić information content (AvgIpc) is 3.52. The minimum absolute atomic E-state index is 0.0695. The highest BCUT2D eigenvalue weighted by atomic mass is 32.1. The van der Waals surface area contributed by atoms with Crippen molar-refractivity contribution in [1.29, 1.82) is 0 Å². The summed E-state index contributed by atoms with van der Waals surface area (Å²) in [5.74, 6) is -0.246. The van der Waals surface area contributed by atoms with Crippen LogP contribution < -0.4 is 21.1 Å². The number of hydrogen-bond donors (Lipinski definition) is 2. The third-order valence-electron chi connectivity index (χ3n) is 6.33. The fourth-order valence-corrected chi connectivity index (χ4v) is 5.30. The third-order valence-corrected chi connectivity index (χ3v) is 7.42. The standard InChI is InChI=1S/C24H28N6O3S/c1-14-5-8-18(15(2)10-14)27-19(31)12-30-13-25-21-20(23(30)33)34-24(28-21)29-9-3-4-16(11-29)22(32)26-17-6-7-17/h5,8,10,13,16-17H,3-4,6-7,9,11-12H2,1-2H3,(H,26,32)(H,27,31)/t16-/m1/s1. The highest BCUT2D eigenvalue weighted by Crippen LogP contribution is 2.30. The molecule has 1 aliphatic heterocycles. The second kappa shape index (κ2) is 9.17. The molecule has 5 rings (SSSR count). The Hall–Kier alpha value is -3.27. The molecule has 0 radical (unpaired) electrons. The molecule has 2 amide bonds. The van der Waals surface area contributed by atoms with Gasteiger partial charge in [0.25, 0.3) is 5.56 Å². The van der Waals surface area contributed by atoms with E-state index >= 15 is 0 Å². The van der Waals surface area contributed by atoms with Crippen LogP contribution in [0.25, 0.3) is 10.3 Å². The van der Waals surface area contributed by atoms with E-state index in [1.165, 1.54) is 22.2 Å². The van der Waals surface area contributed by atoms with Crippen molar-refractivity contribution in [2.24, 2.45) is 5.92 Å².